The number of halogens is 1. The summed E-state index contributed by atoms with van der Waals surface area (Å²) in [6.45, 7) is 4.66. The maximum atomic E-state index is 10.4. The Bertz CT molecular complexity index is 249. The molecule has 3 nitrogen and oxygen atoms in total. The summed E-state index contributed by atoms with van der Waals surface area (Å²) in [6.07, 6.45) is 11.2. The SMILES string of the molecule is CCCCCCCCCCC1(O)C[N+](C)(C)CCO1.[Br-]. The van der Waals surface area contributed by atoms with Crippen molar-refractivity contribution in [2.75, 3.05) is 33.8 Å². The van der Waals surface area contributed by atoms with Crippen molar-refractivity contribution in [1.29, 1.82) is 0 Å². The Morgan fingerprint density at radius 3 is 2.10 bits per heavy atom. The first-order valence-corrected chi connectivity index (χ1v) is 8.16. The molecule has 0 radical (unpaired) electrons. The van der Waals surface area contributed by atoms with Crippen molar-refractivity contribution in [3.8, 4) is 0 Å². The second kappa shape index (κ2) is 10.1. The zero-order chi connectivity index (χ0) is 14.2. The molecule has 1 aliphatic rings. The topological polar surface area (TPSA) is 29.5 Å². The molecule has 1 N–H and O–H groups in total. The van der Waals surface area contributed by atoms with Gasteiger partial charge in [-0.25, -0.2) is 0 Å². The van der Waals surface area contributed by atoms with Gasteiger partial charge >= 0.3 is 0 Å². The molecule has 0 aliphatic carbocycles. The van der Waals surface area contributed by atoms with Gasteiger partial charge in [0.15, 0.2) is 0 Å². The van der Waals surface area contributed by atoms with Crippen LogP contribution in [0.15, 0.2) is 0 Å². The van der Waals surface area contributed by atoms with E-state index < -0.39 is 5.79 Å². The van der Waals surface area contributed by atoms with Crippen molar-refractivity contribution in [3.05, 3.63) is 0 Å². The van der Waals surface area contributed by atoms with E-state index in [2.05, 4.69) is 21.0 Å². The molecular formula is C16H34BrNO2. The van der Waals surface area contributed by atoms with Crippen molar-refractivity contribution in [1.82, 2.24) is 0 Å². The lowest BCUT2D eigenvalue weighted by molar-refractivity contribution is -0.911. The third-order valence-electron chi connectivity index (χ3n) is 4.16. The van der Waals surface area contributed by atoms with Crippen molar-refractivity contribution in [2.24, 2.45) is 0 Å². The Morgan fingerprint density at radius 1 is 1.00 bits per heavy atom. The van der Waals surface area contributed by atoms with Gasteiger partial charge in [0.2, 0.25) is 5.79 Å². The Balaban J connectivity index is 0.00000361. The minimum atomic E-state index is -0.871. The maximum Gasteiger partial charge on any atom is 0.216 e. The van der Waals surface area contributed by atoms with Crippen LogP contribution < -0.4 is 17.0 Å². The summed E-state index contributed by atoms with van der Waals surface area (Å²) in [5.41, 5.74) is 0. The number of hydrogen-bond acceptors (Lipinski definition) is 2. The molecule has 0 amide bonds. The molecule has 1 aliphatic heterocycles. The molecule has 122 valence electrons. The predicted octanol–water partition coefficient (Wildman–Crippen LogP) is 0.316. The molecule has 1 saturated heterocycles. The van der Waals surface area contributed by atoms with E-state index in [1.165, 1.54) is 44.9 Å². The van der Waals surface area contributed by atoms with Crippen LogP contribution in [0.5, 0.6) is 0 Å². The van der Waals surface area contributed by atoms with Gasteiger partial charge in [0.1, 0.15) is 13.1 Å². The molecule has 4 heteroatoms. The van der Waals surface area contributed by atoms with Gasteiger partial charge in [-0.15, -0.1) is 0 Å². The Labute approximate surface area is 136 Å². The average molecular weight is 352 g/mol. The first-order chi connectivity index (χ1) is 8.97. The van der Waals surface area contributed by atoms with Gasteiger partial charge in [-0.1, -0.05) is 51.9 Å². The summed E-state index contributed by atoms with van der Waals surface area (Å²) in [4.78, 5) is 0. The van der Waals surface area contributed by atoms with Gasteiger partial charge in [-0.3, -0.25) is 0 Å². The Kier molecular flexibility index (Phi) is 10.3. The van der Waals surface area contributed by atoms with E-state index in [9.17, 15) is 5.11 Å². The fourth-order valence-electron chi connectivity index (χ4n) is 2.96. The molecule has 0 saturated carbocycles. The van der Waals surface area contributed by atoms with Gasteiger partial charge in [0.05, 0.1) is 20.7 Å². The fraction of sp³-hybridized carbons (Fsp3) is 1.00. The summed E-state index contributed by atoms with van der Waals surface area (Å²) in [7, 11) is 4.34. The summed E-state index contributed by atoms with van der Waals surface area (Å²) in [5, 5.41) is 10.4. The van der Waals surface area contributed by atoms with Crippen LogP contribution >= 0.6 is 0 Å². The van der Waals surface area contributed by atoms with Gasteiger partial charge in [-0.2, -0.15) is 0 Å². The highest BCUT2D eigenvalue weighted by Crippen LogP contribution is 2.24. The number of unbranched alkanes of at least 4 members (excludes halogenated alkanes) is 7. The van der Waals surface area contributed by atoms with E-state index in [-0.39, 0.29) is 17.0 Å². The fourth-order valence-corrected chi connectivity index (χ4v) is 2.96. The highest BCUT2D eigenvalue weighted by Gasteiger charge is 2.39. The van der Waals surface area contributed by atoms with Gasteiger partial charge in [0, 0.05) is 6.42 Å². The average Bonchev–Trinajstić information content (AvgIpc) is 2.31. The van der Waals surface area contributed by atoms with Crippen LogP contribution in [0.4, 0.5) is 0 Å². The molecular weight excluding hydrogens is 318 g/mol. The van der Waals surface area contributed by atoms with Gasteiger partial charge in [0.25, 0.3) is 0 Å². The second-order valence-electron chi connectivity index (χ2n) is 6.84. The molecule has 0 aromatic rings. The third kappa shape index (κ3) is 8.60. The lowest BCUT2D eigenvalue weighted by Gasteiger charge is -2.42. The van der Waals surface area contributed by atoms with E-state index in [1.54, 1.807) is 0 Å². The molecule has 20 heavy (non-hydrogen) atoms. The monoisotopic (exact) mass is 351 g/mol. The minimum Gasteiger partial charge on any atom is -1.00 e. The van der Waals surface area contributed by atoms with E-state index in [1.807, 2.05) is 0 Å². The molecule has 1 fully saturated rings. The Hall–Kier alpha value is 0.360. The normalized spacial score (nSPS) is 25.2. The van der Waals surface area contributed by atoms with Crippen LogP contribution in [-0.4, -0.2) is 49.2 Å². The van der Waals surface area contributed by atoms with E-state index in [0.29, 0.717) is 6.61 Å². The molecule has 0 bridgehead atoms. The summed E-state index contributed by atoms with van der Waals surface area (Å²) in [5.74, 6) is -0.871. The molecule has 1 unspecified atom stereocenters. The zero-order valence-corrected chi connectivity index (χ0v) is 15.3. The number of quaternary nitrogens is 1. The van der Waals surface area contributed by atoms with E-state index >= 15 is 0 Å². The predicted molar refractivity (Wildman–Crippen MR) is 80.0 cm³/mol. The van der Waals surface area contributed by atoms with Crippen LogP contribution in [0, 0.1) is 0 Å². The summed E-state index contributed by atoms with van der Waals surface area (Å²) in [6, 6.07) is 0. The van der Waals surface area contributed by atoms with Gasteiger partial charge < -0.3 is 31.3 Å². The molecule has 1 atom stereocenters. The van der Waals surface area contributed by atoms with E-state index in [4.69, 9.17) is 4.74 Å². The highest BCUT2D eigenvalue weighted by molar-refractivity contribution is 4.70. The standard InChI is InChI=1S/C16H34NO2.BrH/c1-4-5-6-7-8-9-10-11-12-16(18)15-17(2,3)13-14-19-16;/h18H,4-15H2,1-3H3;1H/q+1;/p-1. The van der Waals surface area contributed by atoms with Crippen molar-refractivity contribution >= 4 is 0 Å². The van der Waals surface area contributed by atoms with Crippen molar-refractivity contribution in [2.45, 2.75) is 70.5 Å². The minimum absolute atomic E-state index is 0. The molecule has 1 rings (SSSR count). The van der Waals surface area contributed by atoms with E-state index in [0.717, 1.165) is 30.4 Å². The smallest absolute Gasteiger partial charge is 0.216 e. The van der Waals surface area contributed by atoms with Crippen molar-refractivity contribution < 1.29 is 31.3 Å². The Morgan fingerprint density at radius 2 is 1.55 bits per heavy atom. The second-order valence-corrected chi connectivity index (χ2v) is 6.84. The summed E-state index contributed by atoms with van der Waals surface area (Å²) >= 11 is 0. The quantitative estimate of drug-likeness (QED) is 0.478. The van der Waals surface area contributed by atoms with Crippen LogP contribution in [0.2, 0.25) is 0 Å². The van der Waals surface area contributed by atoms with Gasteiger partial charge in [-0.05, 0) is 6.42 Å². The van der Waals surface area contributed by atoms with Crippen LogP contribution in [0.1, 0.15) is 64.7 Å². The number of hydrogen-bond donors (Lipinski definition) is 1. The number of rotatable bonds is 9. The highest BCUT2D eigenvalue weighted by atomic mass is 79.9. The maximum absolute atomic E-state index is 10.4. The number of ether oxygens (including phenoxy) is 1. The lowest BCUT2D eigenvalue weighted by Crippen LogP contribution is -3.00. The van der Waals surface area contributed by atoms with Crippen LogP contribution in [-0.2, 0) is 4.74 Å². The zero-order valence-electron chi connectivity index (χ0n) is 13.7. The lowest BCUT2D eigenvalue weighted by atomic mass is 10.0. The number of likely N-dealkylation sites (N-methyl/N-ethyl adjacent to an activating group) is 1. The first-order valence-electron chi connectivity index (χ1n) is 8.16. The largest absolute Gasteiger partial charge is 1.00 e. The molecule has 0 spiro atoms. The van der Waals surface area contributed by atoms with Crippen LogP contribution in [0.3, 0.4) is 0 Å². The molecule has 0 aromatic carbocycles. The first kappa shape index (κ1) is 20.4. The van der Waals surface area contributed by atoms with Crippen molar-refractivity contribution in [3.63, 3.8) is 0 Å². The number of nitrogens with zero attached hydrogens (tertiary/aromatic N) is 1. The molecule has 0 aromatic heterocycles. The molecule has 1 heterocycles. The number of morpholine rings is 1. The third-order valence-corrected chi connectivity index (χ3v) is 4.16. The van der Waals surface area contributed by atoms with Crippen LogP contribution in [0.25, 0.3) is 0 Å². The summed E-state index contributed by atoms with van der Waals surface area (Å²) < 4.78 is 6.47. The number of aliphatic hydroxyl groups is 1.